The van der Waals surface area contributed by atoms with Crippen molar-refractivity contribution in [1.29, 1.82) is 0 Å². The summed E-state index contributed by atoms with van der Waals surface area (Å²) in [6, 6.07) is 7.18. The van der Waals surface area contributed by atoms with Crippen LogP contribution in [0.5, 0.6) is 0 Å². The maximum Gasteiger partial charge on any atom is 0.103 e. The van der Waals surface area contributed by atoms with E-state index in [2.05, 4.69) is 0 Å². The van der Waals surface area contributed by atoms with Crippen molar-refractivity contribution >= 4 is 11.3 Å². The van der Waals surface area contributed by atoms with Gasteiger partial charge in [-0.3, -0.25) is 0 Å². The minimum absolute atomic E-state index is 0.356. The standard InChI is InChI=1S/C12H16N4/c13-10-4-1-8(2-5-10)9-3-6-11(14)12(15,16)7-9/h1-7,11H,13-16H2. The van der Waals surface area contributed by atoms with Gasteiger partial charge < -0.3 is 22.9 Å². The molecule has 1 atom stereocenters. The number of rotatable bonds is 1. The molecule has 16 heavy (non-hydrogen) atoms. The molecule has 2 rings (SSSR count). The van der Waals surface area contributed by atoms with E-state index < -0.39 is 5.66 Å². The van der Waals surface area contributed by atoms with E-state index in [9.17, 15) is 0 Å². The third-order valence-electron chi connectivity index (χ3n) is 2.71. The molecular formula is C12H16N4. The Morgan fingerprint density at radius 1 is 1.06 bits per heavy atom. The predicted octanol–water partition coefficient (Wildman–Crippen LogP) is 0.163. The first kappa shape index (κ1) is 10.9. The molecule has 0 fully saturated rings. The Hall–Kier alpha value is -1.62. The van der Waals surface area contributed by atoms with Crippen molar-refractivity contribution in [2.75, 3.05) is 5.73 Å². The number of hydrogen-bond acceptors (Lipinski definition) is 4. The molecule has 1 aliphatic carbocycles. The van der Waals surface area contributed by atoms with E-state index >= 15 is 0 Å². The highest BCUT2D eigenvalue weighted by molar-refractivity contribution is 5.77. The second kappa shape index (κ2) is 3.75. The third-order valence-corrected chi connectivity index (χ3v) is 2.71. The summed E-state index contributed by atoms with van der Waals surface area (Å²) >= 11 is 0. The fourth-order valence-corrected chi connectivity index (χ4v) is 1.64. The molecule has 0 saturated carbocycles. The minimum atomic E-state index is -0.995. The van der Waals surface area contributed by atoms with E-state index in [-0.39, 0.29) is 6.04 Å². The Balaban J connectivity index is 2.36. The smallest absolute Gasteiger partial charge is 0.103 e. The van der Waals surface area contributed by atoms with Gasteiger partial charge in [0, 0.05) is 5.69 Å². The van der Waals surface area contributed by atoms with E-state index in [4.69, 9.17) is 22.9 Å². The molecule has 0 aliphatic heterocycles. The van der Waals surface area contributed by atoms with Crippen LogP contribution in [0, 0.1) is 0 Å². The first-order valence-electron chi connectivity index (χ1n) is 5.09. The van der Waals surface area contributed by atoms with Gasteiger partial charge >= 0.3 is 0 Å². The summed E-state index contributed by atoms with van der Waals surface area (Å²) in [5.41, 5.74) is 24.9. The predicted molar refractivity (Wildman–Crippen MR) is 67.1 cm³/mol. The van der Waals surface area contributed by atoms with Gasteiger partial charge in [0.25, 0.3) is 0 Å². The molecule has 0 amide bonds. The van der Waals surface area contributed by atoms with Gasteiger partial charge in [0.2, 0.25) is 0 Å². The summed E-state index contributed by atoms with van der Waals surface area (Å²) in [6.07, 6.45) is 5.52. The molecule has 4 heteroatoms. The molecule has 0 saturated heterocycles. The Morgan fingerprint density at radius 3 is 2.25 bits per heavy atom. The zero-order valence-electron chi connectivity index (χ0n) is 8.93. The average Bonchev–Trinajstić information content (AvgIpc) is 2.23. The summed E-state index contributed by atoms with van der Waals surface area (Å²) in [7, 11) is 0. The maximum absolute atomic E-state index is 5.88. The lowest BCUT2D eigenvalue weighted by atomic mass is 9.90. The number of nitrogen functional groups attached to an aromatic ring is 1. The van der Waals surface area contributed by atoms with Crippen molar-refractivity contribution in [3.05, 3.63) is 48.1 Å². The molecule has 4 nitrogen and oxygen atoms in total. The number of benzene rings is 1. The molecule has 1 aliphatic rings. The van der Waals surface area contributed by atoms with Crippen LogP contribution in [0.2, 0.25) is 0 Å². The van der Waals surface area contributed by atoms with Crippen molar-refractivity contribution in [1.82, 2.24) is 0 Å². The molecule has 0 heterocycles. The zero-order chi connectivity index (χ0) is 11.8. The lowest BCUT2D eigenvalue weighted by Crippen LogP contribution is -2.61. The summed E-state index contributed by atoms with van der Waals surface area (Å²) in [5.74, 6) is 0. The molecule has 1 aromatic rings. The van der Waals surface area contributed by atoms with Gasteiger partial charge in [-0.25, -0.2) is 0 Å². The Bertz CT molecular complexity index is 443. The van der Waals surface area contributed by atoms with Crippen LogP contribution in [0.4, 0.5) is 5.69 Å². The molecule has 0 radical (unpaired) electrons. The highest BCUT2D eigenvalue weighted by Crippen LogP contribution is 2.23. The van der Waals surface area contributed by atoms with Crippen molar-refractivity contribution in [2.45, 2.75) is 11.7 Å². The summed E-state index contributed by atoms with van der Waals surface area (Å²) in [5, 5.41) is 0. The average molecular weight is 216 g/mol. The maximum atomic E-state index is 5.88. The molecule has 0 aromatic heterocycles. The number of allylic oxidation sites excluding steroid dienone is 2. The summed E-state index contributed by atoms with van der Waals surface area (Å²) < 4.78 is 0. The molecule has 84 valence electrons. The van der Waals surface area contributed by atoms with Gasteiger partial charge in [-0.15, -0.1) is 0 Å². The van der Waals surface area contributed by atoms with E-state index in [1.807, 2.05) is 36.4 Å². The second-order valence-electron chi connectivity index (χ2n) is 4.11. The van der Waals surface area contributed by atoms with Crippen molar-refractivity contribution in [3.8, 4) is 0 Å². The van der Waals surface area contributed by atoms with Crippen LogP contribution in [0.15, 0.2) is 42.5 Å². The van der Waals surface area contributed by atoms with Crippen molar-refractivity contribution in [3.63, 3.8) is 0 Å². The van der Waals surface area contributed by atoms with Crippen LogP contribution in [-0.2, 0) is 0 Å². The first-order chi connectivity index (χ1) is 7.49. The van der Waals surface area contributed by atoms with E-state index in [1.54, 1.807) is 6.08 Å². The monoisotopic (exact) mass is 216 g/mol. The van der Waals surface area contributed by atoms with Gasteiger partial charge in [-0.1, -0.05) is 24.3 Å². The van der Waals surface area contributed by atoms with Gasteiger partial charge in [0.1, 0.15) is 5.66 Å². The molecule has 1 unspecified atom stereocenters. The highest BCUT2D eigenvalue weighted by atomic mass is 15.0. The molecule has 1 aromatic carbocycles. The summed E-state index contributed by atoms with van der Waals surface area (Å²) in [6.45, 7) is 0. The molecule has 0 spiro atoms. The number of hydrogen-bond donors (Lipinski definition) is 4. The summed E-state index contributed by atoms with van der Waals surface area (Å²) in [4.78, 5) is 0. The zero-order valence-corrected chi connectivity index (χ0v) is 8.93. The number of nitrogens with two attached hydrogens (primary N) is 4. The lowest BCUT2D eigenvalue weighted by Gasteiger charge is -2.29. The number of anilines is 1. The minimum Gasteiger partial charge on any atom is -0.399 e. The normalized spacial score (nSPS) is 22.9. The third kappa shape index (κ3) is 1.99. The Labute approximate surface area is 94.6 Å². The second-order valence-corrected chi connectivity index (χ2v) is 4.11. The van der Waals surface area contributed by atoms with Crippen LogP contribution in [0.1, 0.15) is 5.56 Å². The lowest BCUT2D eigenvalue weighted by molar-refractivity contribution is 0.490. The van der Waals surface area contributed by atoms with Crippen LogP contribution in [0.25, 0.3) is 5.57 Å². The van der Waals surface area contributed by atoms with E-state index in [1.165, 1.54) is 0 Å². The Kier molecular flexibility index (Phi) is 2.55. The Morgan fingerprint density at radius 2 is 1.69 bits per heavy atom. The van der Waals surface area contributed by atoms with Crippen molar-refractivity contribution < 1.29 is 0 Å². The van der Waals surface area contributed by atoms with Crippen molar-refractivity contribution in [2.24, 2.45) is 17.2 Å². The topological polar surface area (TPSA) is 104 Å². The quantitative estimate of drug-likeness (QED) is 0.396. The van der Waals surface area contributed by atoms with Gasteiger partial charge in [-0.05, 0) is 29.3 Å². The largest absolute Gasteiger partial charge is 0.399 e. The molecular weight excluding hydrogens is 200 g/mol. The fraction of sp³-hybridized carbons (Fsp3) is 0.167. The SMILES string of the molecule is Nc1ccc(C2=CC(N)(N)C(N)C=C2)cc1. The highest BCUT2D eigenvalue weighted by Gasteiger charge is 2.26. The van der Waals surface area contributed by atoms with Crippen LogP contribution >= 0.6 is 0 Å². The van der Waals surface area contributed by atoms with Crippen LogP contribution < -0.4 is 22.9 Å². The fourth-order valence-electron chi connectivity index (χ4n) is 1.64. The molecule has 8 N–H and O–H groups in total. The van der Waals surface area contributed by atoms with E-state index in [0.717, 1.165) is 16.8 Å². The molecule has 0 bridgehead atoms. The van der Waals surface area contributed by atoms with Crippen LogP contribution in [0.3, 0.4) is 0 Å². The first-order valence-corrected chi connectivity index (χ1v) is 5.09. The van der Waals surface area contributed by atoms with E-state index in [0.29, 0.717) is 0 Å². The van der Waals surface area contributed by atoms with Gasteiger partial charge in [0.05, 0.1) is 6.04 Å². The van der Waals surface area contributed by atoms with Gasteiger partial charge in [-0.2, -0.15) is 0 Å². The van der Waals surface area contributed by atoms with Crippen LogP contribution in [-0.4, -0.2) is 11.7 Å². The van der Waals surface area contributed by atoms with Gasteiger partial charge in [0.15, 0.2) is 0 Å².